The van der Waals surface area contributed by atoms with E-state index in [2.05, 4.69) is 27.2 Å². The molecular formula is C8H18N. The van der Waals surface area contributed by atoms with Crippen molar-refractivity contribution in [2.45, 2.75) is 45.6 Å². The lowest BCUT2D eigenvalue weighted by Crippen LogP contribution is -2.34. The molecule has 1 nitrogen and oxygen atoms in total. The van der Waals surface area contributed by atoms with Crippen LogP contribution in [0.3, 0.4) is 0 Å². The van der Waals surface area contributed by atoms with Crippen LogP contribution < -0.4 is 5.73 Å². The maximum Gasteiger partial charge on any atom is 0.0123 e. The Hall–Kier alpha value is -0.0400. The van der Waals surface area contributed by atoms with E-state index < -0.39 is 0 Å². The van der Waals surface area contributed by atoms with Gasteiger partial charge in [0.1, 0.15) is 0 Å². The monoisotopic (exact) mass is 128 g/mol. The second kappa shape index (κ2) is 3.89. The van der Waals surface area contributed by atoms with Crippen LogP contribution in [0.25, 0.3) is 0 Å². The van der Waals surface area contributed by atoms with Crippen molar-refractivity contribution in [1.29, 1.82) is 0 Å². The molecular weight excluding hydrogens is 110 g/mol. The zero-order chi connectivity index (χ0) is 7.33. The van der Waals surface area contributed by atoms with Gasteiger partial charge in [0.15, 0.2) is 0 Å². The third-order valence-electron chi connectivity index (χ3n) is 1.81. The lowest BCUT2D eigenvalue weighted by atomic mass is 9.94. The van der Waals surface area contributed by atoms with Crippen LogP contribution in [0.2, 0.25) is 0 Å². The molecule has 9 heavy (non-hydrogen) atoms. The summed E-state index contributed by atoms with van der Waals surface area (Å²) < 4.78 is 0. The summed E-state index contributed by atoms with van der Waals surface area (Å²) >= 11 is 0. The van der Waals surface area contributed by atoms with Crippen molar-refractivity contribution >= 4 is 0 Å². The third kappa shape index (κ3) is 4.46. The normalized spacial score (nSPS) is 17.3. The van der Waals surface area contributed by atoms with Crippen LogP contribution in [0, 0.1) is 6.42 Å². The van der Waals surface area contributed by atoms with Crippen molar-refractivity contribution in [3.63, 3.8) is 0 Å². The Kier molecular flexibility index (Phi) is 3.87. The average Bonchev–Trinajstić information content (AvgIpc) is 1.84. The fourth-order valence-corrected chi connectivity index (χ4v) is 0.651. The molecule has 0 aromatic heterocycles. The molecule has 0 aromatic rings. The van der Waals surface area contributed by atoms with Crippen LogP contribution in [-0.4, -0.2) is 5.54 Å². The first-order chi connectivity index (χ1) is 4.12. The molecule has 1 atom stereocenters. The minimum Gasteiger partial charge on any atom is -0.325 e. The molecule has 0 fully saturated rings. The molecule has 1 heteroatoms. The molecule has 2 N–H and O–H groups in total. The van der Waals surface area contributed by atoms with Gasteiger partial charge in [0.25, 0.3) is 0 Å². The Morgan fingerprint density at radius 2 is 2.11 bits per heavy atom. The van der Waals surface area contributed by atoms with Crippen molar-refractivity contribution < 1.29 is 0 Å². The first kappa shape index (κ1) is 8.96. The Balaban J connectivity index is 3.33. The van der Waals surface area contributed by atoms with Crippen molar-refractivity contribution in [2.75, 3.05) is 0 Å². The lowest BCUT2D eigenvalue weighted by molar-refractivity contribution is 0.417. The fourth-order valence-electron chi connectivity index (χ4n) is 0.651. The summed E-state index contributed by atoms with van der Waals surface area (Å²) in [6, 6.07) is 0. The minimum absolute atomic E-state index is 0.0620. The predicted molar refractivity (Wildman–Crippen MR) is 42.1 cm³/mol. The average molecular weight is 128 g/mol. The van der Waals surface area contributed by atoms with Gasteiger partial charge in [0.2, 0.25) is 0 Å². The van der Waals surface area contributed by atoms with Gasteiger partial charge >= 0.3 is 0 Å². The third-order valence-corrected chi connectivity index (χ3v) is 1.81. The molecule has 0 aromatic carbocycles. The van der Waals surface area contributed by atoms with Gasteiger partial charge < -0.3 is 5.73 Å². The Labute approximate surface area is 58.6 Å². The Morgan fingerprint density at radius 3 is 2.44 bits per heavy atom. The zero-order valence-electron chi connectivity index (χ0n) is 6.78. The highest BCUT2D eigenvalue weighted by Gasteiger charge is 2.13. The van der Waals surface area contributed by atoms with Crippen molar-refractivity contribution in [1.82, 2.24) is 0 Å². The van der Waals surface area contributed by atoms with E-state index in [4.69, 9.17) is 5.73 Å². The number of hydrogen-bond acceptors (Lipinski definition) is 1. The van der Waals surface area contributed by atoms with Gasteiger partial charge in [-0.1, -0.05) is 13.8 Å². The molecule has 0 aliphatic rings. The van der Waals surface area contributed by atoms with E-state index in [9.17, 15) is 0 Å². The smallest absolute Gasteiger partial charge is 0.0123 e. The van der Waals surface area contributed by atoms with Gasteiger partial charge in [0, 0.05) is 5.54 Å². The zero-order valence-corrected chi connectivity index (χ0v) is 6.78. The summed E-state index contributed by atoms with van der Waals surface area (Å²) in [5.74, 6) is 0. The standard InChI is InChI=1S/C8H18N/c1-4-6-7-8(3,9)5-2/h4H,5-7,9H2,1-3H3. The summed E-state index contributed by atoms with van der Waals surface area (Å²) in [5.41, 5.74) is 5.94. The van der Waals surface area contributed by atoms with Gasteiger partial charge in [-0.3, -0.25) is 0 Å². The number of rotatable bonds is 4. The SMILES string of the molecule is C[CH]CCC(C)(N)CC. The quantitative estimate of drug-likeness (QED) is 0.616. The topological polar surface area (TPSA) is 26.0 Å². The molecule has 0 saturated carbocycles. The molecule has 1 unspecified atom stereocenters. The van der Waals surface area contributed by atoms with Gasteiger partial charge in [-0.05, 0) is 32.6 Å². The van der Waals surface area contributed by atoms with E-state index in [-0.39, 0.29) is 5.54 Å². The fraction of sp³-hybridized carbons (Fsp3) is 0.875. The van der Waals surface area contributed by atoms with E-state index in [1.165, 1.54) is 0 Å². The number of nitrogens with two attached hydrogens (primary N) is 1. The van der Waals surface area contributed by atoms with Crippen LogP contribution in [0.4, 0.5) is 0 Å². The van der Waals surface area contributed by atoms with Crippen molar-refractivity contribution in [3.8, 4) is 0 Å². The Bertz CT molecular complexity index is 67.0. The number of hydrogen-bond donors (Lipinski definition) is 1. The van der Waals surface area contributed by atoms with Crippen LogP contribution in [0.1, 0.15) is 40.0 Å². The largest absolute Gasteiger partial charge is 0.325 e. The maximum atomic E-state index is 5.88. The first-order valence-corrected chi connectivity index (χ1v) is 3.69. The molecule has 0 saturated heterocycles. The highest BCUT2D eigenvalue weighted by Crippen LogP contribution is 2.12. The summed E-state index contributed by atoms with van der Waals surface area (Å²) in [7, 11) is 0. The molecule has 1 radical (unpaired) electrons. The predicted octanol–water partition coefficient (Wildman–Crippen LogP) is 2.12. The molecule has 0 heterocycles. The van der Waals surface area contributed by atoms with Crippen molar-refractivity contribution in [2.24, 2.45) is 5.73 Å². The second-order valence-electron chi connectivity index (χ2n) is 2.95. The molecule has 0 rings (SSSR count). The molecule has 0 aliphatic carbocycles. The summed E-state index contributed by atoms with van der Waals surface area (Å²) in [6.45, 7) is 6.32. The molecule has 0 amide bonds. The number of unbranched alkanes of at least 4 members (excludes halogenated alkanes) is 1. The summed E-state index contributed by atoms with van der Waals surface area (Å²) in [4.78, 5) is 0. The molecule has 0 bridgehead atoms. The molecule has 0 spiro atoms. The van der Waals surface area contributed by atoms with Gasteiger partial charge in [-0.25, -0.2) is 0 Å². The van der Waals surface area contributed by atoms with Gasteiger partial charge in [-0.15, -0.1) is 0 Å². The van der Waals surface area contributed by atoms with Crippen LogP contribution in [-0.2, 0) is 0 Å². The maximum absolute atomic E-state index is 5.88. The van der Waals surface area contributed by atoms with E-state index in [1.807, 2.05) is 0 Å². The van der Waals surface area contributed by atoms with Gasteiger partial charge in [0.05, 0.1) is 0 Å². The van der Waals surface area contributed by atoms with E-state index in [1.54, 1.807) is 0 Å². The van der Waals surface area contributed by atoms with Crippen LogP contribution in [0.5, 0.6) is 0 Å². The van der Waals surface area contributed by atoms with E-state index in [0.717, 1.165) is 19.3 Å². The first-order valence-electron chi connectivity index (χ1n) is 3.69. The van der Waals surface area contributed by atoms with Crippen LogP contribution >= 0.6 is 0 Å². The van der Waals surface area contributed by atoms with E-state index >= 15 is 0 Å². The van der Waals surface area contributed by atoms with E-state index in [0.29, 0.717) is 0 Å². The Morgan fingerprint density at radius 1 is 1.56 bits per heavy atom. The lowest BCUT2D eigenvalue weighted by Gasteiger charge is -2.21. The highest BCUT2D eigenvalue weighted by molar-refractivity contribution is 4.78. The summed E-state index contributed by atoms with van der Waals surface area (Å²) in [5, 5.41) is 0. The minimum atomic E-state index is 0.0620. The highest BCUT2D eigenvalue weighted by atomic mass is 14.7. The van der Waals surface area contributed by atoms with Gasteiger partial charge in [-0.2, -0.15) is 0 Å². The second-order valence-corrected chi connectivity index (χ2v) is 2.95. The van der Waals surface area contributed by atoms with Crippen LogP contribution in [0.15, 0.2) is 0 Å². The molecule has 55 valence electrons. The van der Waals surface area contributed by atoms with Crippen molar-refractivity contribution in [3.05, 3.63) is 6.42 Å². The molecule has 0 aliphatic heterocycles. The summed E-state index contributed by atoms with van der Waals surface area (Å²) in [6.07, 6.45) is 5.49.